The maximum atomic E-state index is 12.4. The van der Waals surface area contributed by atoms with Crippen LogP contribution in [-0.2, 0) is 9.53 Å². The summed E-state index contributed by atoms with van der Waals surface area (Å²) in [6, 6.07) is 0. The third-order valence-electron chi connectivity index (χ3n) is 4.71. The maximum absolute atomic E-state index is 12.4. The maximum Gasteiger partial charge on any atom is 0.312 e. The van der Waals surface area contributed by atoms with Crippen molar-refractivity contribution in [1.29, 1.82) is 0 Å². The van der Waals surface area contributed by atoms with Gasteiger partial charge in [-0.05, 0) is 50.4 Å². The molecule has 0 spiro atoms. The molecule has 2 aliphatic carbocycles. The van der Waals surface area contributed by atoms with Crippen LogP contribution < -0.4 is 0 Å². The van der Waals surface area contributed by atoms with Gasteiger partial charge in [0.05, 0.1) is 5.41 Å². The van der Waals surface area contributed by atoms with Gasteiger partial charge in [0, 0.05) is 0 Å². The van der Waals surface area contributed by atoms with Crippen molar-refractivity contribution >= 4 is 5.97 Å². The minimum atomic E-state index is -0.125. The minimum absolute atomic E-state index is 0.107. The molecule has 0 aromatic heterocycles. The minimum Gasteiger partial charge on any atom is -0.462 e. The molecule has 2 nitrogen and oxygen atoms in total. The molecule has 2 fully saturated rings. The molecule has 0 aliphatic heterocycles. The summed E-state index contributed by atoms with van der Waals surface area (Å²) in [6.45, 7) is 6.59. The van der Waals surface area contributed by atoms with E-state index in [1.807, 2.05) is 0 Å². The highest BCUT2D eigenvalue weighted by molar-refractivity contribution is 5.80. The Hall–Kier alpha value is -0.530. The number of ether oxygens (including phenoxy) is 1. The third kappa shape index (κ3) is 3.07. The van der Waals surface area contributed by atoms with E-state index in [1.54, 1.807) is 0 Å². The zero-order valence-corrected chi connectivity index (χ0v) is 12.2. The van der Waals surface area contributed by atoms with E-state index in [4.69, 9.17) is 4.74 Å². The lowest BCUT2D eigenvalue weighted by Gasteiger charge is -2.22. The average Bonchev–Trinajstić information content (AvgIpc) is 2.99. The lowest BCUT2D eigenvalue weighted by molar-refractivity contribution is -0.157. The predicted molar refractivity (Wildman–Crippen MR) is 73.3 cm³/mol. The second kappa shape index (κ2) is 5.63. The van der Waals surface area contributed by atoms with Gasteiger partial charge in [-0.2, -0.15) is 0 Å². The summed E-state index contributed by atoms with van der Waals surface area (Å²) in [6.07, 6.45) is 9.47. The van der Waals surface area contributed by atoms with Crippen LogP contribution in [0.1, 0.15) is 72.1 Å². The van der Waals surface area contributed by atoms with Crippen molar-refractivity contribution in [2.24, 2.45) is 17.3 Å². The van der Waals surface area contributed by atoms with Crippen LogP contribution in [-0.4, -0.2) is 12.1 Å². The molecule has 2 saturated carbocycles. The second-order valence-electron chi connectivity index (χ2n) is 6.88. The standard InChI is InChI=1S/C16H28O2/c1-12(2)10-16(11-13(16)3)15(17)18-14-8-6-4-5-7-9-14/h12-14H,4-11H2,1-3H3. The summed E-state index contributed by atoms with van der Waals surface area (Å²) in [5, 5.41) is 0. The molecular weight excluding hydrogens is 224 g/mol. The molecule has 0 bridgehead atoms. The largest absolute Gasteiger partial charge is 0.462 e. The Morgan fingerprint density at radius 1 is 1.22 bits per heavy atom. The van der Waals surface area contributed by atoms with E-state index in [0.717, 1.165) is 25.7 Å². The van der Waals surface area contributed by atoms with Crippen LogP contribution in [0.25, 0.3) is 0 Å². The van der Waals surface area contributed by atoms with Gasteiger partial charge in [0.2, 0.25) is 0 Å². The molecule has 0 aromatic carbocycles. The van der Waals surface area contributed by atoms with Gasteiger partial charge in [-0.15, -0.1) is 0 Å². The zero-order chi connectivity index (χ0) is 13.2. The SMILES string of the molecule is CC(C)CC1(C(=O)OC2CCCCCC2)CC1C. The fourth-order valence-electron chi connectivity index (χ4n) is 3.50. The molecule has 104 valence electrons. The normalized spacial score (nSPS) is 33.2. The molecule has 2 aliphatic rings. The average molecular weight is 252 g/mol. The smallest absolute Gasteiger partial charge is 0.312 e. The number of esters is 1. The van der Waals surface area contributed by atoms with Crippen molar-refractivity contribution in [2.45, 2.75) is 78.2 Å². The van der Waals surface area contributed by atoms with E-state index >= 15 is 0 Å². The van der Waals surface area contributed by atoms with E-state index in [-0.39, 0.29) is 17.5 Å². The van der Waals surface area contributed by atoms with Gasteiger partial charge in [-0.3, -0.25) is 4.79 Å². The topological polar surface area (TPSA) is 26.3 Å². The number of rotatable bonds is 4. The molecule has 0 radical (unpaired) electrons. The molecule has 2 heteroatoms. The van der Waals surface area contributed by atoms with Crippen LogP contribution in [0.2, 0.25) is 0 Å². The first-order valence-electron chi connectivity index (χ1n) is 7.75. The number of carbonyl (C=O) groups is 1. The van der Waals surface area contributed by atoms with Crippen LogP contribution in [0, 0.1) is 17.3 Å². The summed E-state index contributed by atoms with van der Waals surface area (Å²) < 4.78 is 5.83. The van der Waals surface area contributed by atoms with Crippen molar-refractivity contribution < 1.29 is 9.53 Å². The van der Waals surface area contributed by atoms with E-state index in [2.05, 4.69) is 20.8 Å². The molecule has 0 saturated heterocycles. The van der Waals surface area contributed by atoms with Crippen LogP contribution in [0.15, 0.2) is 0 Å². The highest BCUT2D eigenvalue weighted by Crippen LogP contribution is 2.57. The van der Waals surface area contributed by atoms with E-state index < -0.39 is 0 Å². The zero-order valence-electron chi connectivity index (χ0n) is 12.2. The Morgan fingerprint density at radius 3 is 2.22 bits per heavy atom. The molecule has 0 aromatic rings. The highest BCUT2D eigenvalue weighted by atomic mass is 16.5. The number of hydrogen-bond acceptors (Lipinski definition) is 2. The van der Waals surface area contributed by atoms with Crippen LogP contribution in [0.3, 0.4) is 0 Å². The van der Waals surface area contributed by atoms with Crippen molar-refractivity contribution in [3.63, 3.8) is 0 Å². The van der Waals surface area contributed by atoms with Crippen molar-refractivity contribution in [2.75, 3.05) is 0 Å². The van der Waals surface area contributed by atoms with Crippen molar-refractivity contribution in [1.82, 2.24) is 0 Å². The molecule has 2 unspecified atom stereocenters. The fraction of sp³-hybridized carbons (Fsp3) is 0.938. The van der Waals surface area contributed by atoms with Crippen LogP contribution in [0.4, 0.5) is 0 Å². The number of hydrogen-bond donors (Lipinski definition) is 0. The Morgan fingerprint density at radius 2 is 1.78 bits per heavy atom. The van der Waals surface area contributed by atoms with Crippen molar-refractivity contribution in [3.8, 4) is 0 Å². The first-order chi connectivity index (χ1) is 8.54. The summed E-state index contributed by atoms with van der Waals surface area (Å²) in [7, 11) is 0. The van der Waals surface area contributed by atoms with Crippen LogP contribution >= 0.6 is 0 Å². The monoisotopic (exact) mass is 252 g/mol. The highest BCUT2D eigenvalue weighted by Gasteiger charge is 2.58. The molecule has 2 atom stereocenters. The first kappa shape index (κ1) is 13.9. The molecule has 0 heterocycles. The Kier molecular flexibility index (Phi) is 4.34. The molecule has 0 N–H and O–H groups in total. The Labute approximate surface area is 111 Å². The summed E-state index contributed by atoms with van der Waals surface area (Å²) in [4.78, 5) is 12.4. The van der Waals surface area contributed by atoms with Gasteiger partial charge >= 0.3 is 5.97 Å². The summed E-state index contributed by atoms with van der Waals surface area (Å²) in [5.74, 6) is 1.21. The van der Waals surface area contributed by atoms with Crippen molar-refractivity contribution in [3.05, 3.63) is 0 Å². The first-order valence-corrected chi connectivity index (χ1v) is 7.75. The molecule has 0 amide bonds. The van der Waals surface area contributed by atoms with E-state index in [1.165, 1.54) is 25.7 Å². The quantitative estimate of drug-likeness (QED) is 0.550. The van der Waals surface area contributed by atoms with Gasteiger partial charge in [0.15, 0.2) is 0 Å². The Bertz CT molecular complexity index is 289. The lowest BCUT2D eigenvalue weighted by atomic mass is 9.92. The van der Waals surface area contributed by atoms with Gasteiger partial charge in [-0.25, -0.2) is 0 Å². The van der Waals surface area contributed by atoms with E-state index in [0.29, 0.717) is 11.8 Å². The number of carbonyl (C=O) groups excluding carboxylic acids is 1. The molecular formula is C16H28O2. The predicted octanol–water partition coefficient (Wildman–Crippen LogP) is 4.32. The van der Waals surface area contributed by atoms with E-state index in [9.17, 15) is 4.79 Å². The molecule has 18 heavy (non-hydrogen) atoms. The molecule has 2 rings (SSSR count). The van der Waals surface area contributed by atoms with Gasteiger partial charge in [0.1, 0.15) is 6.10 Å². The summed E-state index contributed by atoms with van der Waals surface area (Å²) in [5.41, 5.74) is -0.125. The van der Waals surface area contributed by atoms with Gasteiger partial charge < -0.3 is 4.74 Å². The Balaban J connectivity index is 1.90. The third-order valence-corrected chi connectivity index (χ3v) is 4.71. The lowest BCUT2D eigenvalue weighted by Crippen LogP contribution is -2.27. The van der Waals surface area contributed by atoms with Gasteiger partial charge in [-0.1, -0.05) is 33.6 Å². The second-order valence-corrected chi connectivity index (χ2v) is 6.88. The van der Waals surface area contributed by atoms with Gasteiger partial charge in [0.25, 0.3) is 0 Å². The van der Waals surface area contributed by atoms with Crippen LogP contribution in [0.5, 0.6) is 0 Å². The summed E-state index contributed by atoms with van der Waals surface area (Å²) >= 11 is 0. The fourth-order valence-corrected chi connectivity index (χ4v) is 3.50.